The molecule has 1 atom stereocenters. The van der Waals surface area contributed by atoms with Gasteiger partial charge in [-0.15, -0.1) is 0 Å². The third kappa shape index (κ3) is 5.23. The summed E-state index contributed by atoms with van der Waals surface area (Å²) in [6.07, 6.45) is 0.132. The maximum atomic E-state index is 12.3. The Kier molecular flexibility index (Phi) is 5.88. The predicted octanol–water partition coefficient (Wildman–Crippen LogP) is 2.38. The van der Waals surface area contributed by atoms with Crippen LogP contribution in [0.2, 0.25) is 0 Å². The molecule has 2 rings (SSSR count). The normalized spacial score (nSPS) is 11.6. The Balaban J connectivity index is 2.06. The van der Waals surface area contributed by atoms with E-state index in [-0.39, 0.29) is 30.9 Å². The van der Waals surface area contributed by atoms with Crippen molar-refractivity contribution in [2.45, 2.75) is 26.0 Å². The number of aliphatic hydroxyl groups excluding tert-OH is 1. The molecule has 0 bridgehead atoms. The number of rotatable bonds is 6. The van der Waals surface area contributed by atoms with Gasteiger partial charge >= 0.3 is 0 Å². The fraction of sp³-hybridized carbons (Fsp3) is 0.222. The van der Waals surface area contributed by atoms with Crippen molar-refractivity contribution in [2.24, 2.45) is 0 Å². The maximum Gasteiger partial charge on any atom is 0.226 e. The van der Waals surface area contributed by atoms with Crippen molar-refractivity contribution in [3.8, 4) is 0 Å². The molecule has 0 radical (unpaired) electrons. The zero-order chi connectivity index (χ0) is 16.7. The lowest BCUT2D eigenvalue weighted by Crippen LogP contribution is -2.29. The molecule has 2 amide bonds. The molecule has 0 heterocycles. The molecule has 0 fully saturated rings. The van der Waals surface area contributed by atoms with Gasteiger partial charge in [-0.2, -0.15) is 0 Å². The van der Waals surface area contributed by atoms with Crippen LogP contribution in [-0.2, 0) is 16.2 Å². The second-order valence-corrected chi connectivity index (χ2v) is 5.27. The van der Waals surface area contributed by atoms with E-state index in [0.29, 0.717) is 5.69 Å². The van der Waals surface area contributed by atoms with Crippen LogP contribution in [0.15, 0.2) is 54.6 Å². The van der Waals surface area contributed by atoms with E-state index in [9.17, 15) is 9.59 Å². The van der Waals surface area contributed by atoms with Gasteiger partial charge in [-0.25, -0.2) is 0 Å². The van der Waals surface area contributed by atoms with Crippen molar-refractivity contribution in [3.05, 3.63) is 65.7 Å². The fourth-order valence-corrected chi connectivity index (χ4v) is 2.33. The molecular weight excluding hydrogens is 292 g/mol. The van der Waals surface area contributed by atoms with E-state index in [2.05, 4.69) is 10.6 Å². The molecule has 0 saturated carbocycles. The minimum Gasteiger partial charge on any atom is -0.392 e. The molecule has 0 aliphatic heterocycles. The van der Waals surface area contributed by atoms with Gasteiger partial charge in [0.15, 0.2) is 0 Å². The van der Waals surface area contributed by atoms with Crippen LogP contribution in [0.3, 0.4) is 0 Å². The molecule has 5 nitrogen and oxygen atoms in total. The summed E-state index contributed by atoms with van der Waals surface area (Å²) in [6, 6.07) is 16.0. The average molecular weight is 312 g/mol. The molecule has 0 aliphatic carbocycles. The van der Waals surface area contributed by atoms with Crippen LogP contribution in [0.1, 0.15) is 30.5 Å². The molecule has 0 saturated heterocycles. The van der Waals surface area contributed by atoms with Crippen molar-refractivity contribution in [1.29, 1.82) is 0 Å². The van der Waals surface area contributed by atoms with Crippen LogP contribution in [0.25, 0.3) is 0 Å². The van der Waals surface area contributed by atoms with E-state index in [1.807, 2.05) is 30.3 Å². The number of carbonyl (C=O) groups is 2. The highest BCUT2D eigenvalue weighted by molar-refractivity contribution is 5.91. The molecule has 2 aromatic carbocycles. The Labute approximate surface area is 135 Å². The van der Waals surface area contributed by atoms with E-state index in [0.717, 1.165) is 11.1 Å². The zero-order valence-corrected chi connectivity index (χ0v) is 13.0. The van der Waals surface area contributed by atoms with Crippen LogP contribution < -0.4 is 10.6 Å². The number of aliphatic hydroxyl groups is 1. The molecule has 0 aliphatic rings. The highest BCUT2D eigenvalue weighted by Crippen LogP contribution is 2.18. The van der Waals surface area contributed by atoms with Gasteiger partial charge in [0, 0.05) is 12.6 Å². The SMILES string of the molecule is CC(=O)N[C@H](CC(=O)Nc1cccc(CO)c1)c1ccccc1. The minimum atomic E-state index is -0.380. The first-order valence-electron chi connectivity index (χ1n) is 7.40. The molecule has 5 heteroatoms. The molecule has 0 unspecified atom stereocenters. The Morgan fingerprint density at radius 2 is 1.83 bits per heavy atom. The highest BCUT2D eigenvalue weighted by Gasteiger charge is 2.17. The molecule has 2 aromatic rings. The number of hydrogen-bond donors (Lipinski definition) is 3. The van der Waals surface area contributed by atoms with Crippen molar-refractivity contribution in [2.75, 3.05) is 5.32 Å². The third-order valence-electron chi connectivity index (χ3n) is 3.36. The fourth-order valence-electron chi connectivity index (χ4n) is 2.33. The quantitative estimate of drug-likeness (QED) is 0.766. The number of hydrogen-bond acceptors (Lipinski definition) is 3. The van der Waals surface area contributed by atoms with Crippen LogP contribution >= 0.6 is 0 Å². The van der Waals surface area contributed by atoms with Gasteiger partial charge in [0.05, 0.1) is 19.1 Å². The zero-order valence-electron chi connectivity index (χ0n) is 13.0. The molecule has 3 N–H and O–H groups in total. The van der Waals surface area contributed by atoms with Gasteiger partial charge in [0.2, 0.25) is 11.8 Å². The van der Waals surface area contributed by atoms with E-state index in [4.69, 9.17) is 5.11 Å². The van der Waals surface area contributed by atoms with Crippen LogP contribution in [0.4, 0.5) is 5.69 Å². The van der Waals surface area contributed by atoms with E-state index in [1.165, 1.54) is 6.92 Å². The third-order valence-corrected chi connectivity index (χ3v) is 3.36. The average Bonchev–Trinajstić information content (AvgIpc) is 2.54. The van der Waals surface area contributed by atoms with Gasteiger partial charge in [-0.3, -0.25) is 9.59 Å². The Hall–Kier alpha value is -2.66. The van der Waals surface area contributed by atoms with E-state index < -0.39 is 0 Å². The number of nitrogens with one attached hydrogen (secondary N) is 2. The summed E-state index contributed by atoms with van der Waals surface area (Å²) >= 11 is 0. The highest BCUT2D eigenvalue weighted by atomic mass is 16.3. The van der Waals surface area contributed by atoms with Gasteiger partial charge in [-0.1, -0.05) is 42.5 Å². The molecule has 23 heavy (non-hydrogen) atoms. The number of anilines is 1. The Morgan fingerprint density at radius 3 is 2.48 bits per heavy atom. The van der Waals surface area contributed by atoms with Crippen molar-refractivity contribution in [3.63, 3.8) is 0 Å². The lowest BCUT2D eigenvalue weighted by atomic mass is 10.0. The summed E-state index contributed by atoms with van der Waals surface area (Å²) in [4.78, 5) is 23.6. The van der Waals surface area contributed by atoms with E-state index in [1.54, 1.807) is 24.3 Å². The topological polar surface area (TPSA) is 78.4 Å². The number of carbonyl (C=O) groups excluding carboxylic acids is 2. The Morgan fingerprint density at radius 1 is 1.09 bits per heavy atom. The monoisotopic (exact) mass is 312 g/mol. The maximum absolute atomic E-state index is 12.3. The smallest absolute Gasteiger partial charge is 0.226 e. The second kappa shape index (κ2) is 8.10. The van der Waals surface area contributed by atoms with Crippen molar-refractivity contribution < 1.29 is 14.7 Å². The lowest BCUT2D eigenvalue weighted by molar-refractivity contribution is -0.120. The summed E-state index contributed by atoms with van der Waals surface area (Å²) in [6.45, 7) is 1.35. The molecular formula is C18H20N2O3. The van der Waals surface area contributed by atoms with Gasteiger partial charge < -0.3 is 15.7 Å². The van der Waals surface area contributed by atoms with Gasteiger partial charge in [0.25, 0.3) is 0 Å². The van der Waals surface area contributed by atoms with Crippen LogP contribution in [0.5, 0.6) is 0 Å². The first-order chi connectivity index (χ1) is 11.1. The number of benzene rings is 2. The molecule has 0 spiro atoms. The van der Waals surface area contributed by atoms with Gasteiger partial charge in [-0.05, 0) is 23.3 Å². The minimum absolute atomic E-state index is 0.0811. The van der Waals surface area contributed by atoms with Crippen molar-refractivity contribution in [1.82, 2.24) is 5.32 Å². The Bertz CT molecular complexity index is 671. The summed E-state index contributed by atoms with van der Waals surface area (Å²) < 4.78 is 0. The van der Waals surface area contributed by atoms with Crippen LogP contribution in [0, 0.1) is 0 Å². The first kappa shape index (κ1) is 16.7. The van der Waals surface area contributed by atoms with Crippen LogP contribution in [-0.4, -0.2) is 16.9 Å². The second-order valence-electron chi connectivity index (χ2n) is 5.27. The predicted molar refractivity (Wildman–Crippen MR) is 88.6 cm³/mol. The largest absolute Gasteiger partial charge is 0.392 e. The molecule has 120 valence electrons. The summed E-state index contributed by atoms with van der Waals surface area (Å²) in [7, 11) is 0. The summed E-state index contributed by atoms with van der Waals surface area (Å²) in [5.41, 5.74) is 2.22. The standard InChI is InChI=1S/C18H20N2O3/c1-13(22)19-17(15-7-3-2-4-8-15)11-18(23)20-16-9-5-6-14(10-16)12-21/h2-10,17,21H,11-12H2,1H3,(H,19,22)(H,20,23)/t17-/m1/s1. The summed E-state index contributed by atoms with van der Waals surface area (Å²) in [5.74, 6) is -0.392. The molecule has 0 aromatic heterocycles. The van der Waals surface area contributed by atoms with E-state index >= 15 is 0 Å². The van der Waals surface area contributed by atoms with Gasteiger partial charge in [0.1, 0.15) is 0 Å². The van der Waals surface area contributed by atoms with Crippen molar-refractivity contribution >= 4 is 17.5 Å². The lowest BCUT2D eigenvalue weighted by Gasteiger charge is -2.18. The first-order valence-corrected chi connectivity index (χ1v) is 7.40. The summed E-state index contributed by atoms with van der Waals surface area (Å²) in [5, 5.41) is 14.7. The number of amides is 2.